The van der Waals surface area contributed by atoms with Gasteiger partial charge in [0.2, 0.25) is 0 Å². The van der Waals surface area contributed by atoms with Gasteiger partial charge in [-0.05, 0) is 61.5 Å². The van der Waals surface area contributed by atoms with E-state index in [2.05, 4.69) is 10.6 Å². The van der Waals surface area contributed by atoms with Gasteiger partial charge in [-0.2, -0.15) is 0 Å². The molecule has 2 aliphatic carbocycles. The third-order valence-electron chi connectivity index (χ3n) is 4.14. The highest BCUT2D eigenvalue weighted by molar-refractivity contribution is 7.80. The van der Waals surface area contributed by atoms with Crippen molar-refractivity contribution >= 4 is 23.0 Å². The molecule has 0 radical (unpaired) electrons. The number of anilines is 1. The normalized spacial score (nSPS) is 29.3. The lowest BCUT2D eigenvalue weighted by Gasteiger charge is -2.24. The van der Waals surface area contributed by atoms with Gasteiger partial charge in [0.1, 0.15) is 5.82 Å². The first-order valence-corrected chi connectivity index (χ1v) is 6.94. The van der Waals surface area contributed by atoms with Crippen molar-refractivity contribution in [2.24, 2.45) is 11.8 Å². The Bertz CT molecular complexity index is 463. The molecule has 4 heteroatoms. The average Bonchev–Trinajstić information content (AvgIpc) is 2.90. The van der Waals surface area contributed by atoms with Crippen molar-refractivity contribution < 1.29 is 4.39 Å². The molecule has 0 spiro atoms. The minimum absolute atomic E-state index is 0.247. The minimum Gasteiger partial charge on any atom is -0.359 e. The number of hydrogen-bond acceptors (Lipinski definition) is 1. The SMILES string of the molecule is Fc1cccc(NC(=S)N[C@H]2C[C@H]3CC[C@@H]2C3)c1. The molecule has 2 fully saturated rings. The summed E-state index contributed by atoms with van der Waals surface area (Å²) in [7, 11) is 0. The Kier molecular flexibility index (Phi) is 3.20. The molecule has 2 N–H and O–H groups in total. The highest BCUT2D eigenvalue weighted by Gasteiger charge is 2.39. The van der Waals surface area contributed by atoms with Crippen molar-refractivity contribution in [2.75, 3.05) is 5.32 Å². The van der Waals surface area contributed by atoms with Crippen molar-refractivity contribution in [1.29, 1.82) is 0 Å². The van der Waals surface area contributed by atoms with E-state index in [1.807, 2.05) is 6.07 Å². The number of thiocarbonyl (C=S) groups is 1. The number of benzene rings is 1. The molecular weight excluding hydrogens is 247 g/mol. The second-order valence-corrected chi connectivity index (χ2v) is 5.80. The molecule has 0 saturated heterocycles. The van der Waals surface area contributed by atoms with Gasteiger partial charge >= 0.3 is 0 Å². The number of halogens is 1. The second kappa shape index (κ2) is 4.84. The molecule has 0 amide bonds. The summed E-state index contributed by atoms with van der Waals surface area (Å²) in [6.07, 6.45) is 5.29. The van der Waals surface area contributed by atoms with Crippen LogP contribution < -0.4 is 10.6 Å². The summed E-state index contributed by atoms with van der Waals surface area (Å²) in [5, 5.41) is 7.03. The lowest BCUT2D eigenvalue weighted by Crippen LogP contribution is -2.40. The summed E-state index contributed by atoms with van der Waals surface area (Å²) < 4.78 is 13.0. The molecule has 18 heavy (non-hydrogen) atoms. The minimum atomic E-state index is -0.247. The maximum Gasteiger partial charge on any atom is 0.171 e. The van der Waals surface area contributed by atoms with Crippen molar-refractivity contribution in [3.63, 3.8) is 0 Å². The van der Waals surface area contributed by atoms with Crippen molar-refractivity contribution in [3.8, 4) is 0 Å². The average molecular weight is 264 g/mol. The Morgan fingerprint density at radius 2 is 2.17 bits per heavy atom. The third-order valence-corrected chi connectivity index (χ3v) is 4.36. The molecule has 0 unspecified atom stereocenters. The number of nitrogens with one attached hydrogen (secondary N) is 2. The van der Waals surface area contributed by atoms with Crippen LogP contribution in [0.5, 0.6) is 0 Å². The van der Waals surface area contributed by atoms with Crippen LogP contribution in [0.4, 0.5) is 10.1 Å². The van der Waals surface area contributed by atoms with E-state index in [0.717, 1.165) is 11.8 Å². The topological polar surface area (TPSA) is 24.1 Å². The van der Waals surface area contributed by atoms with Crippen LogP contribution in [0.2, 0.25) is 0 Å². The van der Waals surface area contributed by atoms with Gasteiger partial charge in [-0.15, -0.1) is 0 Å². The van der Waals surface area contributed by atoms with Crippen LogP contribution in [0, 0.1) is 17.7 Å². The van der Waals surface area contributed by atoms with E-state index >= 15 is 0 Å². The Hall–Kier alpha value is -1.16. The summed E-state index contributed by atoms with van der Waals surface area (Å²) in [5.74, 6) is 1.43. The van der Waals surface area contributed by atoms with Gasteiger partial charge in [0.25, 0.3) is 0 Å². The predicted octanol–water partition coefficient (Wildman–Crippen LogP) is 3.30. The molecular formula is C14H17FN2S. The van der Waals surface area contributed by atoms with E-state index in [1.54, 1.807) is 6.07 Å². The Morgan fingerprint density at radius 3 is 2.83 bits per heavy atom. The van der Waals surface area contributed by atoms with E-state index in [4.69, 9.17) is 12.2 Å². The van der Waals surface area contributed by atoms with Crippen LogP contribution in [0.1, 0.15) is 25.7 Å². The Balaban J connectivity index is 1.56. The quantitative estimate of drug-likeness (QED) is 0.801. The van der Waals surface area contributed by atoms with E-state index in [1.165, 1.54) is 37.8 Å². The van der Waals surface area contributed by atoms with Gasteiger partial charge in [-0.25, -0.2) is 4.39 Å². The smallest absolute Gasteiger partial charge is 0.171 e. The summed E-state index contributed by atoms with van der Waals surface area (Å²) in [4.78, 5) is 0. The zero-order valence-electron chi connectivity index (χ0n) is 10.2. The Labute approximate surface area is 112 Å². The molecule has 1 aromatic rings. The molecule has 0 aromatic heterocycles. The molecule has 2 saturated carbocycles. The number of hydrogen-bond donors (Lipinski definition) is 2. The van der Waals surface area contributed by atoms with E-state index in [-0.39, 0.29) is 5.82 Å². The lowest BCUT2D eigenvalue weighted by atomic mass is 9.96. The first-order chi connectivity index (χ1) is 8.70. The van der Waals surface area contributed by atoms with Crippen LogP contribution in [0.3, 0.4) is 0 Å². The van der Waals surface area contributed by atoms with E-state index in [0.29, 0.717) is 16.8 Å². The van der Waals surface area contributed by atoms with Gasteiger partial charge in [-0.1, -0.05) is 12.5 Å². The molecule has 0 aliphatic heterocycles. The molecule has 3 rings (SSSR count). The largest absolute Gasteiger partial charge is 0.359 e. The molecule has 2 bridgehead atoms. The maximum atomic E-state index is 13.0. The van der Waals surface area contributed by atoms with Crippen molar-refractivity contribution in [1.82, 2.24) is 5.32 Å². The fourth-order valence-corrected chi connectivity index (χ4v) is 3.59. The van der Waals surface area contributed by atoms with Crippen molar-refractivity contribution in [2.45, 2.75) is 31.7 Å². The zero-order chi connectivity index (χ0) is 12.5. The van der Waals surface area contributed by atoms with Crippen LogP contribution in [-0.2, 0) is 0 Å². The Morgan fingerprint density at radius 1 is 1.28 bits per heavy atom. The molecule has 2 aliphatic rings. The summed E-state index contributed by atoms with van der Waals surface area (Å²) in [5.41, 5.74) is 0.704. The number of rotatable bonds is 2. The summed E-state index contributed by atoms with van der Waals surface area (Å²) >= 11 is 5.29. The summed E-state index contributed by atoms with van der Waals surface area (Å²) in [6.45, 7) is 0. The molecule has 1 aromatic carbocycles. The van der Waals surface area contributed by atoms with Crippen molar-refractivity contribution in [3.05, 3.63) is 30.1 Å². The summed E-state index contributed by atoms with van der Waals surface area (Å²) in [6, 6.07) is 6.89. The monoisotopic (exact) mass is 264 g/mol. The van der Waals surface area contributed by atoms with Crippen LogP contribution in [-0.4, -0.2) is 11.2 Å². The molecule has 3 atom stereocenters. The lowest BCUT2D eigenvalue weighted by molar-refractivity contribution is 0.392. The standard InChI is InChI=1S/C14H17FN2S/c15-11-2-1-3-12(8-11)16-14(18)17-13-7-9-4-5-10(13)6-9/h1-3,8-10,13H,4-7H2,(H2,16,17,18)/t9-,10+,13-/m0/s1. The zero-order valence-corrected chi connectivity index (χ0v) is 11.0. The predicted molar refractivity (Wildman–Crippen MR) is 75.0 cm³/mol. The van der Waals surface area contributed by atoms with Gasteiger partial charge in [-0.3, -0.25) is 0 Å². The fraction of sp³-hybridized carbons (Fsp3) is 0.500. The van der Waals surface area contributed by atoms with Gasteiger partial charge < -0.3 is 10.6 Å². The number of fused-ring (bicyclic) bond motifs is 2. The molecule has 2 nitrogen and oxygen atoms in total. The first-order valence-electron chi connectivity index (χ1n) is 6.54. The van der Waals surface area contributed by atoms with E-state index < -0.39 is 0 Å². The van der Waals surface area contributed by atoms with Gasteiger partial charge in [0.05, 0.1) is 0 Å². The second-order valence-electron chi connectivity index (χ2n) is 5.39. The van der Waals surface area contributed by atoms with Crippen LogP contribution in [0.15, 0.2) is 24.3 Å². The van der Waals surface area contributed by atoms with E-state index in [9.17, 15) is 4.39 Å². The fourth-order valence-electron chi connectivity index (χ4n) is 3.32. The first kappa shape index (κ1) is 11.9. The third kappa shape index (κ3) is 2.48. The highest BCUT2D eigenvalue weighted by Crippen LogP contribution is 2.44. The molecule has 96 valence electrons. The van der Waals surface area contributed by atoms with Gasteiger partial charge in [0, 0.05) is 11.7 Å². The molecule has 0 heterocycles. The van der Waals surface area contributed by atoms with Crippen LogP contribution >= 0.6 is 12.2 Å². The maximum absolute atomic E-state index is 13.0. The highest BCUT2D eigenvalue weighted by atomic mass is 32.1. The van der Waals surface area contributed by atoms with Crippen LogP contribution in [0.25, 0.3) is 0 Å². The van der Waals surface area contributed by atoms with Gasteiger partial charge in [0.15, 0.2) is 5.11 Å².